The minimum absolute atomic E-state index is 0.658. The summed E-state index contributed by atoms with van der Waals surface area (Å²) in [6.07, 6.45) is 3.41. The van der Waals surface area contributed by atoms with Gasteiger partial charge in [-0.05, 0) is 55.2 Å². The Balaban J connectivity index is 2.25. The maximum Gasteiger partial charge on any atom is 0.0603 e. The Morgan fingerprint density at radius 1 is 1.31 bits per heavy atom. The second-order valence-corrected chi connectivity index (χ2v) is 6.11. The molecule has 0 saturated heterocycles. The molecule has 16 heavy (non-hydrogen) atoms. The third-order valence-electron chi connectivity index (χ3n) is 2.97. The highest BCUT2D eigenvalue weighted by molar-refractivity contribution is 7.99. The number of hydrogen-bond donors (Lipinski definition) is 1. The van der Waals surface area contributed by atoms with E-state index >= 15 is 0 Å². The number of fused-ring (bicyclic) bond motifs is 1. The van der Waals surface area contributed by atoms with Gasteiger partial charge in [0, 0.05) is 4.90 Å². The van der Waals surface area contributed by atoms with Crippen LogP contribution in [0.4, 0.5) is 0 Å². The molecule has 0 radical (unpaired) electrons. The van der Waals surface area contributed by atoms with Gasteiger partial charge in [0.25, 0.3) is 0 Å². The van der Waals surface area contributed by atoms with Crippen molar-refractivity contribution in [3.63, 3.8) is 0 Å². The first-order chi connectivity index (χ1) is 7.70. The van der Waals surface area contributed by atoms with E-state index in [1.54, 1.807) is 0 Å². The van der Waals surface area contributed by atoms with Gasteiger partial charge in [-0.3, -0.25) is 0 Å². The Kier molecular flexibility index (Phi) is 4.42. The van der Waals surface area contributed by atoms with Crippen LogP contribution in [-0.4, -0.2) is 12.3 Å². The minimum atomic E-state index is 0.658. The SMILES string of the molecule is NCCC1CCSc2cc(Cl)c(Cl)cc2C1. The van der Waals surface area contributed by atoms with Crippen molar-refractivity contribution in [1.29, 1.82) is 0 Å². The number of rotatable bonds is 2. The normalized spacial score (nSPS) is 20.3. The molecule has 88 valence electrons. The summed E-state index contributed by atoms with van der Waals surface area (Å²) in [6.45, 7) is 0.770. The zero-order valence-electron chi connectivity index (χ0n) is 9.01. The zero-order valence-corrected chi connectivity index (χ0v) is 11.3. The summed E-state index contributed by atoms with van der Waals surface area (Å²) in [5.41, 5.74) is 6.96. The molecule has 0 aromatic heterocycles. The quantitative estimate of drug-likeness (QED) is 0.883. The fourth-order valence-electron chi connectivity index (χ4n) is 2.09. The predicted octanol–water partition coefficient (Wildman–Crippen LogP) is 4.00. The van der Waals surface area contributed by atoms with Crippen molar-refractivity contribution in [2.24, 2.45) is 11.7 Å². The molecule has 0 bridgehead atoms. The van der Waals surface area contributed by atoms with Crippen molar-refractivity contribution in [2.45, 2.75) is 24.2 Å². The molecule has 4 heteroatoms. The third kappa shape index (κ3) is 2.86. The molecule has 2 rings (SSSR count). The van der Waals surface area contributed by atoms with Crippen LogP contribution in [0.5, 0.6) is 0 Å². The van der Waals surface area contributed by atoms with Crippen molar-refractivity contribution >= 4 is 35.0 Å². The number of thioether (sulfide) groups is 1. The molecule has 1 atom stereocenters. The number of hydrogen-bond acceptors (Lipinski definition) is 2. The van der Waals surface area contributed by atoms with Gasteiger partial charge in [-0.15, -0.1) is 11.8 Å². The molecule has 0 saturated carbocycles. The molecule has 1 unspecified atom stereocenters. The van der Waals surface area contributed by atoms with Gasteiger partial charge in [-0.1, -0.05) is 23.2 Å². The smallest absolute Gasteiger partial charge is 0.0603 e. The molecule has 1 nitrogen and oxygen atoms in total. The van der Waals surface area contributed by atoms with E-state index in [2.05, 4.69) is 0 Å². The van der Waals surface area contributed by atoms with E-state index in [4.69, 9.17) is 28.9 Å². The Bertz CT molecular complexity index is 382. The Morgan fingerprint density at radius 2 is 2.06 bits per heavy atom. The molecule has 1 aliphatic rings. The number of benzene rings is 1. The molecule has 1 aromatic carbocycles. The molecule has 0 aliphatic carbocycles. The van der Waals surface area contributed by atoms with Gasteiger partial charge < -0.3 is 5.73 Å². The highest BCUT2D eigenvalue weighted by Gasteiger charge is 2.18. The summed E-state index contributed by atoms with van der Waals surface area (Å²) in [6, 6.07) is 4.01. The molecular formula is C12H15Cl2NS. The van der Waals surface area contributed by atoms with Crippen LogP contribution < -0.4 is 5.73 Å². The molecule has 0 spiro atoms. The first-order valence-corrected chi connectivity index (χ1v) is 7.25. The van der Waals surface area contributed by atoms with Gasteiger partial charge in [0.15, 0.2) is 0 Å². The lowest BCUT2D eigenvalue weighted by molar-refractivity contribution is 0.479. The van der Waals surface area contributed by atoms with Gasteiger partial charge in [0.2, 0.25) is 0 Å². The van der Waals surface area contributed by atoms with E-state index in [-0.39, 0.29) is 0 Å². The number of nitrogens with two attached hydrogens (primary N) is 1. The van der Waals surface area contributed by atoms with Crippen molar-refractivity contribution < 1.29 is 0 Å². The molecule has 1 aliphatic heterocycles. The predicted molar refractivity (Wildman–Crippen MR) is 72.7 cm³/mol. The summed E-state index contributed by atoms with van der Waals surface area (Å²) in [4.78, 5) is 1.29. The summed E-state index contributed by atoms with van der Waals surface area (Å²) in [5, 5.41) is 1.32. The third-order valence-corrected chi connectivity index (χ3v) is 4.82. The van der Waals surface area contributed by atoms with Crippen LogP contribution in [0.2, 0.25) is 10.0 Å². The topological polar surface area (TPSA) is 26.0 Å². The molecular weight excluding hydrogens is 261 g/mol. The number of halogens is 2. The average molecular weight is 276 g/mol. The van der Waals surface area contributed by atoms with Crippen LogP contribution in [0.3, 0.4) is 0 Å². The van der Waals surface area contributed by atoms with E-state index in [1.807, 2.05) is 23.9 Å². The molecule has 1 heterocycles. The fourth-order valence-corrected chi connectivity index (χ4v) is 3.71. The van der Waals surface area contributed by atoms with Crippen molar-refractivity contribution in [2.75, 3.05) is 12.3 Å². The highest BCUT2D eigenvalue weighted by atomic mass is 35.5. The van der Waals surface area contributed by atoms with Gasteiger partial charge in [-0.25, -0.2) is 0 Å². The highest BCUT2D eigenvalue weighted by Crippen LogP contribution is 2.37. The van der Waals surface area contributed by atoms with Crippen LogP contribution in [0.15, 0.2) is 17.0 Å². The van der Waals surface area contributed by atoms with Crippen LogP contribution in [-0.2, 0) is 6.42 Å². The fraction of sp³-hybridized carbons (Fsp3) is 0.500. The maximum atomic E-state index is 6.06. The van der Waals surface area contributed by atoms with E-state index in [0.717, 1.165) is 25.1 Å². The van der Waals surface area contributed by atoms with Crippen molar-refractivity contribution in [3.05, 3.63) is 27.7 Å². The first-order valence-electron chi connectivity index (χ1n) is 5.51. The van der Waals surface area contributed by atoms with Gasteiger partial charge in [0.05, 0.1) is 10.0 Å². The Hall–Kier alpha value is 0.110. The average Bonchev–Trinajstić information content (AvgIpc) is 2.42. The van der Waals surface area contributed by atoms with Crippen LogP contribution in [0.1, 0.15) is 18.4 Å². The molecule has 0 amide bonds. The molecule has 2 N–H and O–H groups in total. The monoisotopic (exact) mass is 275 g/mol. The zero-order chi connectivity index (χ0) is 11.5. The summed E-state index contributed by atoms with van der Waals surface area (Å²) in [5.74, 6) is 1.84. The van der Waals surface area contributed by atoms with E-state index < -0.39 is 0 Å². The van der Waals surface area contributed by atoms with E-state index in [1.165, 1.54) is 16.9 Å². The lowest BCUT2D eigenvalue weighted by atomic mass is 9.94. The second kappa shape index (κ2) is 5.63. The van der Waals surface area contributed by atoms with Crippen LogP contribution in [0.25, 0.3) is 0 Å². The van der Waals surface area contributed by atoms with E-state index in [9.17, 15) is 0 Å². The standard InChI is InChI=1S/C12H15Cl2NS/c13-10-6-9-5-8(1-3-15)2-4-16-12(9)7-11(10)14/h6-8H,1-5,15H2. The first kappa shape index (κ1) is 12.6. The lowest BCUT2D eigenvalue weighted by Gasteiger charge is -2.13. The van der Waals surface area contributed by atoms with Crippen molar-refractivity contribution in [1.82, 2.24) is 0 Å². The van der Waals surface area contributed by atoms with E-state index in [0.29, 0.717) is 16.0 Å². The Morgan fingerprint density at radius 3 is 2.81 bits per heavy atom. The molecule has 0 fully saturated rings. The molecule has 1 aromatic rings. The van der Waals surface area contributed by atoms with Gasteiger partial charge in [-0.2, -0.15) is 0 Å². The van der Waals surface area contributed by atoms with Crippen LogP contribution in [0, 0.1) is 5.92 Å². The van der Waals surface area contributed by atoms with Gasteiger partial charge >= 0.3 is 0 Å². The maximum absolute atomic E-state index is 6.06. The summed E-state index contributed by atoms with van der Waals surface area (Å²) in [7, 11) is 0. The van der Waals surface area contributed by atoms with Crippen LogP contribution >= 0.6 is 35.0 Å². The largest absolute Gasteiger partial charge is 0.330 e. The Labute approximate surface area is 111 Å². The summed E-state index contributed by atoms with van der Waals surface area (Å²) >= 11 is 14.0. The summed E-state index contributed by atoms with van der Waals surface area (Å²) < 4.78 is 0. The lowest BCUT2D eigenvalue weighted by Crippen LogP contribution is -2.11. The van der Waals surface area contributed by atoms with Gasteiger partial charge in [0.1, 0.15) is 0 Å². The minimum Gasteiger partial charge on any atom is -0.330 e. The second-order valence-electron chi connectivity index (χ2n) is 4.16. The van der Waals surface area contributed by atoms with Crippen molar-refractivity contribution in [3.8, 4) is 0 Å².